The fraction of sp³-hybridized carbons (Fsp3) is 0.475. The van der Waals surface area contributed by atoms with Crippen LogP contribution in [0.3, 0.4) is 0 Å². The van der Waals surface area contributed by atoms with E-state index in [4.69, 9.17) is 4.43 Å². The first kappa shape index (κ1) is 35.2. The summed E-state index contributed by atoms with van der Waals surface area (Å²) < 4.78 is 50.1. The maximum Gasteiger partial charge on any atom is 0.471 e. The van der Waals surface area contributed by atoms with Crippen LogP contribution < -0.4 is 10.4 Å². The molecule has 5 rings (SSSR count). The van der Waals surface area contributed by atoms with Crippen molar-refractivity contribution < 1.29 is 22.4 Å². The maximum atomic E-state index is 14.3. The number of carbonyl (C=O) groups is 1. The van der Waals surface area contributed by atoms with Gasteiger partial charge in [-0.05, 0) is 77.8 Å². The summed E-state index contributed by atoms with van der Waals surface area (Å²) >= 11 is 0. The largest absolute Gasteiger partial charge is 0.471 e. The molecule has 1 aliphatic heterocycles. The molecule has 1 spiro atoms. The van der Waals surface area contributed by atoms with E-state index in [1.165, 1.54) is 15.3 Å². The minimum Gasteiger partial charge on any atom is -0.407 e. The highest BCUT2D eigenvalue weighted by molar-refractivity contribution is 6.99. The number of amides is 1. The van der Waals surface area contributed by atoms with Crippen LogP contribution in [0.4, 0.5) is 13.2 Å². The fourth-order valence-electron chi connectivity index (χ4n) is 8.78. The van der Waals surface area contributed by atoms with Crippen molar-refractivity contribution in [2.45, 2.75) is 102 Å². The molecule has 2 aliphatic rings. The molecule has 1 amide bonds. The standard InChI is InChI=1S/C40H50F3NO2Si/c1-31(27-30-46-47(38(2,3)4,34-22-10-6-11-23-34)35-24-12-7-13-25-35)36-26-16-29-39(36)28-15-21-33(44(39)37(45)40(41,42)43)20-14-19-32-17-8-5-9-18-32/h5-14,17-19,22-25,31,33,36H,15-16,20-21,26-30H2,1-4H3/b19-14+/t31-,33-,36+,39+/m0/s1. The monoisotopic (exact) mass is 661 g/mol. The first-order chi connectivity index (χ1) is 22.4. The van der Waals surface area contributed by atoms with Gasteiger partial charge in [-0.2, -0.15) is 13.2 Å². The van der Waals surface area contributed by atoms with E-state index < -0.39 is 32.0 Å². The maximum absolute atomic E-state index is 14.3. The summed E-state index contributed by atoms with van der Waals surface area (Å²) in [4.78, 5) is 14.6. The molecule has 1 aliphatic carbocycles. The van der Waals surface area contributed by atoms with Crippen LogP contribution in [0, 0.1) is 11.8 Å². The van der Waals surface area contributed by atoms with Gasteiger partial charge in [0.05, 0.1) is 0 Å². The van der Waals surface area contributed by atoms with Crippen molar-refractivity contribution in [3.05, 3.63) is 103 Å². The average Bonchev–Trinajstić information content (AvgIpc) is 3.46. The molecule has 3 aromatic rings. The Hall–Kier alpha value is -3.16. The van der Waals surface area contributed by atoms with E-state index in [1.807, 2.05) is 54.6 Å². The summed E-state index contributed by atoms with van der Waals surface area (Å²) in [7, 11) is -2.73. The van der Waals surface area contributed by atoms with Crippen LogP contribution in [0.1, 0.15) is 84.6 Å². The number of hydrogen-bond acceptors (Lipinski definition) is 2. The number of alkyl halides is 3. The third-order valence-electron chi connectivity index (χ3n) is 10.8. The minimum atomic E-state index is -4.91. The van der Waals surface area contributed by atoms with Gasteiger partial charge in [0.2, 0.25) is 0 Å². The Balaban J connectivity index is 1.40. The molecule has 0 N–H and O–H groups in total. The average molecular weight is 662 g/mol. The number of carbonyl (C=O) groups excluding carboxylic acids is 1. The predicted molar refractivity (Wildman–Crippen MR) is 188 cm³/mol. The van der Waals surface area contributed by atoms with Crippen molar-refractivity contribution in [3.63, 3.8) is 0 Å². The second-order valence-electron chi connectivity index (χ2n) is 14.6. The lowest BCUT2D eigenvalue weighted by molar-refractivity contribution is -0.201. The third kappa shape index (κ3) is 7.31. The van der Waals surface area contributed by atoms with Crippen molar-refractivity contribution in [2.75, 3.05) is 6.61 Å². The second-order valence-corrected chi connectivity index (χ2v) is 19.0. The zero-order chi connectivity index (χ0) is 33.7. The lowest BCUT2D eigenvalue weighted by atomic mass is 9.70. The lowest BCUT2D eigenvalue weighted by Gasteiger charge is -2.54. The molecule has 1 heterocycles. The van der Waals surface area contributed by atoms with Gasteiger partial charge in [0, 0.05) is 18.2 Å². The number of benzene rings is 3. The summed E-state index contributed by atoms with van der Waals surface area (Å²) in [6, 6.07) is 30.3. The molecule has 1 saturated heterocycles. The molecule has 3 nitrogen and oxygen atoms in total. The Morgan fingerprint density at radius 2 is 1.43 bits per heavy atom. The molecule has 2 fully saturated rings. The molecule has 3 aromatic carbocycles. The van der Waals surface area contributed by atoms with Gasteiger partial charge in [-0.15, -0.1) is 0 Å². The van der Waals surface area contributed by atoms with E-state index in [9.17, 15) is 18.0 Å². The number of rotatable bonds is 10. The lowest BCUT2D eigenvalue weighted by Crippen LogP contribution is -2.66. The number of piperidine rings is 1. The summed E-state index contributed by atoms with van der Waals surface area (Å²) in [5.74, 6) is -1.59. The highest BCUT2D eigenvalue weighted by Crippen LogP contribution is 2.53. The van der Waals surface area contributed by atoms with Gasteiger partial charge in [0.25, 0.3) is 8.32 Å². The number of hydrogen-bond donors (Lipinski definition) is 0. The summed E-state index contributed by atoms with van der Waals surface area (Å²) in [6.45, 7) is 9.44. The Morgan fingerprint density at radius 1 is 0.894 bits per heavy atom. The van der Waals surface area contributed by atoms with E-state index in [0.29, 0.717) is 32.3 Å². The van der Waals surface area contributed by atoms with Gasteiger partial charge in [-0.3, -0.25) is 4.79 Å². The van der Waals surface area contributed by atoms with Gasteiger partial charge < -0.3 is 9.33 Å². The van der Waals surface area contributed by atoms with Gasteiger partial charge in [0.15, 0.2) is 0 Å². The van der Waals surface area contributed by atoms with Crippen molar-refractivity contribution in [2.24, 2.45) is 11.8 Å². The van der Waals surface area contributed by atoms with Crippen molar-refractivity contribution in [3.8, 4) is 0 Å². The van der Waals surface area contributed by atoms with Crippen molar-refractivity contribution in [1.82, 2.24) is 4.90 Å². The van der Waals surface area contributed by atoms with Gasteiger partial charge in [-0.1, -0.05) is 137 Å². The van der Waals surface area contributed by atoms with E-state index >= 15 is 0 Å². The molecule has 252 valence electrons. The van der Waals surface area contributed by atoms with Crippen LogP contribution in [0.2, 0.25) is 5.04 Å². The molecular formula is C40H50F3NO2Si. The Labute approximate surface area is 280 Å². The molecule has 0 aromatic heterocycles. The molecule has 1 saturated carbocycles. The molecule has 0 bridgehead atoms. The predicted octanol–water partition coefficient (Wildman–Crippen LogP) is 9.18. The molecular weight excluding hydrogens is 612 g/mol. The highest BCUT2D eigenvalue weighted by atomic mass is 28.4. The van der Waals surface area contributed by atoms with Crippen LogP contribution in [0.25, 0.3) is 6.08 Å². The first-order valence-electron chi connectivity index (χ1n) is 17.3. The minimum absolute atomic E-state index is 0.0162. The van der Waals surface area contributed by atoms with Crippen LogP contribution >= 0.6 is 0 Å². The molecule has 4 atom stereocenters. The van der Waals surface area contributed by atoms with E-state index in [1.54, 1.807) is 0 Å². The van der Waals surface area contributed by atoms with Crippen LogP contribution in [0.5, 0.6) is 0 Å². The van der Waals surface area contributed by atoms with E-state index in [2.05, 4.69) is 76.2 Å². The van der Waals surface area contributed by atoms with Crippen LogP contribution in [-0.4, -0.2) is 43.5 Å². The summed E-state index contributed by atoms with van der Waals surface area (Å²) in [5.41, 5.74) is 0.215. The van der Waals surface area contributed by atoms with Crippen LogP contribution in [-0.2, 0) is 9.22 Å². The van der Waals surface area contributed by atoms with E-state index in [0.717, 1.165) is 31.2 Å². The summed E-state index contributed by atoms with van der Waals surface area (Å²) in [5, 5.41) is 2.27. The quantitative estimate of drug-likeness (QED) is 0.203. The SMILES string of the molecule is C[C@@H](CCO[Si](c1ccccc1)(c1ccccc1)C(C)(C)C)[C@H]1CCC[C@]12CCC[C@H](C/C=C/c1ccccc1)N2C(=O)C(F)(F)F. The smallest absolute Gasteiger partial charge is 0.407 e. The van der Waals surface area contributed by atoms with Gasteiger partial charge in [0.1, 0.15) is 0 Å². The number of likely N-dealkylation sites (tertiary alicyclic amines) is 1. The van der Waals surface area contributed by atoms with Crippen molar-refractivity contribution >= 4 is 30.7 Å². The number of nitrogens with zero attached hydrogens (tertiary/aromatic N) is 1. The van der Waals surface area contributed by atoms with Gasteiger partial charge in [-0.25, -0.2) is 0 Å². The Morgan fingerprint density at radius 3 is 1.96 bits per heavy atom. The zero-order valence-corrected chi connectivity index (χ0v) is 29.3. The van der Waals surface area contributed by atoms with Gasteiger partial charge >= 0.3 is 12.1 Å². The first-order valence-corrected chi connectivity index (χ1v) is 19.2. The third-order valence-corrected chi connectivity index (χ3v) is 15.8. The summed E-state index contributed by atoms with van der Waals surface area (Å²) in [6.07, 6.45) is 4.45. The molecule has 47 heavy (non-hydrogen) atoms. The Kier molecular flexibility index (Phi) is 10.9. The molecule has 0 radical (unpaired) electrons. The Bertz CT molecular complexity index is 1430. The fourth-order valence-corrected chi connectivity index (χ4v) is 13.4. The van der Waals surface area contributed by atoms with E-state index in [-0.39, 0.29) is 16.9 Å². The van der Waals surface area contributed by atoms with Crippen LogP contribution in [0.15, 0.2) is 97.1 Å². The topological polar surface area (TPSA) is 29.5 Å². The zero-order valence-electron chi connectivity index (χ0n) is 28.3. The molecule has 7 heteroatoms. The molecule has 0 unspecified atom stereocenters. The highest BCUT2D eigenvalue weighted by Gasteiger charge is 2.58. The number of halogens is 3. The normalized spacial score (nSPS) is 23.0. The van der Waals surface area contributed by atoms with Crippen molar-refractivity contribution in [1.29, 1.82) is 0 Å². The second kappa shape index (κ2) is 14.5.